The van der Waals surface area contributed by atoms with E-state index in [0.29, 0.717) is 39.9 Å². The Morgan fingerprint density at radius 3 is 2.43 bits per heavy atom. The van der Waals surface area contributed by atoms with E-state index in [2.05, 4.69) is 20.4 Å². The van der Waals surface area contributed by atoms with Gasteiger partial charge >= 0.3 is 0 Å². The zero-order chi connectivity index (χ0) is 21.5. The molecule has 7 nitrogen and oxygen atoms in total. The zero-order valence-electron chi connectivity index (χ0n) is 16.6. The van der Waals surface area contributed by atoms with Crippen molar-refractivity contribution >= 4 is 17.3 Å². The van der Waals surface area contributed by atoms with Gasteiger partial charge in [0.05, 0.1) is 0 Å². The highest BCUT2D eigenvalue weighted by molar-refractivity contribution is 6.31. The number of para-hydroxylation sites is 1. The topological polar surface area (TPSA) is 77.9 Å². The first-order chi connectivity index (χ1) is 14.5. The van der Waals surface area contributed by atoms with Crippen LogP contribution in [-0.2, 0) is 4.84 Å². The number of benzene rings is 2. The average molecular weight is 431 g/mol. The lowest BCUT2D eigenvalue weighted by Crippen LogP contribution is -2.20. The van der Waals surface area contributed by atoms with Crippen molar-refractivity contribution in [3.63, 3.8) is 0 Å². The first-order valence-electron chi connectivity index (χ1n) is 9.00. The SMILES string of the molecule is CNC/C(=N\OC)c1ccccc1Oc1ncnc(Oc2cccc(Cl)c2C)c1F. The molecule has 1 heterocycles. The molecule has 0 amide bonds. The summed E-state index contributed by atoms with van der Waals surface area (Å²) in [5.74, 6) is -0.663. The van der Waals surface area contributed by atoms with Crippen molar-refractivity contribution in [1.29, 1.82) is 0 Å². The maximum atomic E-state index is 15.0. The summed E-state index contributed by atoms with van der Waals surface area (Å²) in [6.45, 7) is 2.19. The van der Waals surface area contributed by atoms with E-state index in [1.54, 1.807) is 50.4 Å². The van der Waals surface area contributed by atoms with Gasteiger partial charge in [0.2, 0.25) is 5.82 Å². The lowest BCUT2D eigenvalue weighted by atomic mass is 10.1. The third-order valence-corrected chi connectivity index (χ3v) is 4.51. The fourth-order valence-electron chi connectivity index (χ4n) is 2.64. The largest absolute Gasteiger partial charge is 0.436 e. The normalized spacial score (nSPS) is 11.3. The molecular formula is C21H20ClFN4O3. The number of nitrogens with one attached hydrogen (secondary N) is 1. The number of nitrogens with zero attached hydrogens (tertiary/aromatic N) is 3. The van der Waals surface area contributed by atoms with Crippen LogP contribution in [0.4, 0.5) is 4.39 Å². The van der Waals surface area contributed by atoms with Crippen LogP contribution in [0.25, 0.3) is 0 Å². The summed E-state index contributed by atoms with van der Waals surface area (Å²) < 4.78 is 26.4. The van der Waals surface area contributed by atoms with Gasteiger partial charge in [-0.15, -0.1) is 0 Å². The van der Waals surface area contributed by atoms with Crippen molar-refractivity contribution in [2.75, 3.05) is 20.7 Å². The number of hydrogen-bond donors (Lipinski definition) is 1. The molecule has 0 atom stereocenters. The molecule has 3 aromatic rings. The van der Waals surface area contributed by atoms with Gasteiger partial charge < -0.3 is 19.6 Å². The van der Waals surface area contributed by atoms with Crippen molar-refractivity contribution in [3.05, 3.63) is 70.8 Å². The Morgan fingerprint density at radius 2 is 1.73 bits per heavy atom. The smallest absolute Gasteiger partial charge is 0.263 e. The fraction of sp³-hybridized carbons (Fsp3) is 0.190. The quantitative estimate of drug-likeness (QED) is 0.411. The highest BCUT2D eigenvalue weighted by atomic mass is 35.5. The molecule has 2 aromatic carbocycles. The van der Waals surface area contributed by atoms with Crippen LogP contribution in [0.5, 0.6) is 23.3 Å². The minimum Gasteiger partial charge on any atom is -0.436 e. The highest BCUT2D eigenvalue weighted by Crippen LogP contribution is 2.33. The number of oxime groups is 1. The molecule has 1 N–H and O–H groups in total. The van der Waals surface area contributed by atoms with Gasteiger partial charge in [-0.3, -0.25) is 0 Å². The fourth-order valence-corrected chi connectivity index (χ4v) is 2.80. The summed E-state index contributed by atoms with van der Waals surface area (Å²) in [6, 6.07) is 12.1. The summed E-state index contributed by atoms with van der Waals surface area (Å²) in [5, 5.41) is 7.52. The molecule has 0 radical (unpaired) electrons. The van der Waals surface area contributed by atoms with Crippen LogP contribution in [0.2, 0.25) is 5.02 Å². The first kappa shape index (κ1) is 21.5. The van der Waals surface area contributed by atoms with Crippen molar-refractivity contribution in [2.45, 2.75) is 6.92 Å². The van der Waals surface area contributed by atoms with Crippen LogP contribution in [0.1, 0.15) is 11.1 Å². The summed E-state index contributed by atoms with van der Waals surface area (Å²) in [7, 11) is 3.23. The van der Waals surface area contributed by atoms with E-state index in [1.165, 1.54) is 7.11 Å². The molecule has 0 aliphatic heterocycles. The molecule has 0 bridgehead atoms. The van der Waals surface area contributed by atoms with Gasteiger partial charge in [-0.1, -0.05) is 35.0 Å². The van der Waals surface area contributed by atoms with Crippen LogP contribution >= 0.6 is 11.6 Å². The average Bonchev–Trinajstić information content (AvgIpc) is 2.74. The predicted octanol–water partition coefficient (Wildman–Crippen LogP) is 4.73. The molecule has 9 heteroatoms. The molecule has 0 unspecified atom stereocenters. The Bertz CT molecular complexity index is 1060. The molecule has 3 rings (SSSR count). The van der Waals surface area contributed by atoms with Gasteiger partial charge in [0.15, 0.2) is 0 Å². The summed E-state index contributed by atoms with van der Waals surface area (Å²) in [6.07, 6.45) is 1.16. The predicted molar refractivity (Wildman–Crippen MR) is 112 cm³/mol. The second kappa shape index (κ2) is 10.00. The van der Waals surface area contributed by atoms with Crippen LogP contribution in [-0.4, -0.2) is 36.4 Å². The van der Waals surface area contributed by atoms with Gasteiger partial charge in [-0.2, -0.15) is 14.4 Å². The van der Waals surface area contributed by atoms with E-state index in [9.17, 15) is 0 Å². The third kappa shape index (κ3) is 4.84. The molecule has 0 fully saturated rings. The summed E-state index contributed by atoms with van der Waals surface area (Å²) in [5.41, 5.74) is 1.87. The zero-order valence-corrected chi connectivity index (χ0v) is 17.4. The highest BCUT2D eigenvalue weighted by Gasteiger charge is 2.19. The van der Waals surface area contributed by atoms with Crippen molar-refractivity contribution < 1.29 is 18.7 Å². The number of hydrogen-bond acceptors (Lipinski definition) is 7. The molecule has 0 saturated heterocycles. The Balaban J connectivity index is 1.93. The van der Waals surface area contributed by atoms with Gasteiger partial charge in [0, 0.05) is 22.7 Å². The Labute approximate surface area is 178 Å². The molecule has 0 aliphatic rings. The van der Waals surface area contributed by atoms with E-state index < -0.39 is 5.82 Å². The van der Waals surface area contributed by atoms with Gasteiger partial charge in [0.25, 0.3) is 11.8 Å². The van der Waals surface area contributed by atoms with E-state index in [4.69, 9.17) is 25.9 Å². The monoisotopic (exact) mass is 430 g/mol. The van der Waals surface area contributed by atoms with Crippen LogP contribution in [0, 0.1) is 12.7 Å². The summed E-state index contributed by atoms with van der Waals surface area (Å²) in [4.78, 5) is 12.7. The molecule has 156 valence electrons. The van der Waals surface area contributed by atoms with E-state index >= 15 is 4.39 Å². The third-order valence-electron chi connectivity index (χ3n) is 4.10. The summed E-state index contributed by atoms with van der Waals surface area (Å²) >= 11 is 6.10. The van der Waals surface area contributed by atoms with Gasteiger partial charge in [-0.05, 0) is 38.2 Å². The minimum atomic E-state index is -0.842. The molecule has 0 saturated carbocycles. The second-order valence-electron chi connectivity index (χ2n) is 6.11. The minimum absolute atomic E-state index is 0.274. The molecular weight excluding hydrogens is 411 g/mol. The number of likely N-dealkylation sites (N-methyl/N-ethyl adjacent to an activating group) is 1. The number of ether oxygens (including phenoxy) is 2. The van der Waals surface area contributed by atoms with Crippen LogP contribution in [0.3, 0.4) is 0 Å². The van der Waals surface area contributed by atoms with E-state index in [0.717, 1.165) is 6.33 Å². The Hall–Kier alpha value is -3.23. The van der Waals surface area contributed by atoms with Gasteiger partial charge in [0.1, 0.15) is 30.6 Å². The van der Waals surface area contributed by atoms with E-state index in [-0.39, 0.29) is 11.8 Å². The maximum Gasteiger partial charge on any atom is 0.263 e. The van der Waals surface area contributed by atoms with Crippen molar-refractivity contribution in [1.82, 2.24) is 15.3 Å². The van der Waals surface area contributed by atoms with Crippen LogP contribution < -0.4 is 14.8 Å². The molecule has 0 spiro atoms. The van der Waals surface area contributed by atoms with Crippen molar-refractivity contribution in [2.24, 2.45) is 5.16 Å². The van der Waals surface area contributed by atoms with Crippen molar-refractivity contribution in [3.8, 4) is 23.3 Å². The van der Waals surface area contributed by atoms with E-state index in [1.807, 2.05) is 6.07 Å². The number of rotatable bonds is 8. The van der Waals surface area contributed by atoms with Gasteiger partial charge in [-0.25, -0.2) is 0 Å². The maximum absolute atomic E-state index is 15.0. The number of aromatic nitrogens is 2. The Kier molecular flexibility index (Phi) is 7.16. The number of halogens is 2. The molecule has 1 aromatic heterocycles. The molecule has 30 heavy (non-hydrogen) atoms. The molecule has 0 aliphatic carbocycles. The lowest BCUT2D eigenvalue weighted by Gasteiger charge is -2.14. The lowest BCUT2D eigenvalue weighted by molar-refractivity contribution is 0.213. The standard InChI is InChI=1S/C21H20ClFN4O3/c1-13-15(22)8-6-10-17(13)29-20-19(23)21(26-12-25-20)30-18-9-5-4-7-14(18)16(11-24-2)27-28-3/h4-10,12,24H,11H2,1-3H3/b27-16+. The Morgan fingerprint density at radius 1 is 1.07 bits per heavy atom. The first-order valence-corrected chi connectivity index (χ1v) is 9.38. The van der Waals surface area contributed by atoms with Crippen LogP contribution in [0.15, 0.2) is 53.9 Å². The second-order valence-corrected chi connectivity index (χ2v) is 6.52.